The monoisotopic (exact) mass is 504 g/mol. The second-order valence-electron chi connectivity index (χ2n) is 12.8. The van der Waals surface area contributed by atoms with Crippen molar-refractivity contribution in [1.82, 2.24) is 0 Å². The molecule has 0 bridgehead atoms. The zero-order chi connectivity index (χ0) is 25.5. The van der Waals surface area contributed by atoms with Gasteiger partial charge in [0.1, 0.15) is 6.29 Å². The van der Waals surface area contributed by atoms with Crippen LogP contribution in [-0.4, -0.2) is 19.0 Å². The van der Waals surface area contributed by atoms with Gasteiger partial charge in [-0.15, -0.1) is 0 Å². The van der Waals surface area contributed by atoms with Gasteiger partial charge in [-0.2, -0.15) is 0 Å². The van der Waals surface area contributed by atoms with E-state index < -0.39 is 0 Å². The van der Waals surface area contributed by atoms with E-state index in [1.54, 1.807) is 0 Å². The Balaban J connectivity index is 1.22. The quantitative estimate of drug-likeness (QED) is 0.0912. The first-order valence-electron chi connectivity index (χ1n) is 16.8. The van der Waals surface area contributed by atoms with Gasteiger partial charge in [0.25, 0.3) is 0 Å². The zero-order valence-corrected chi connectivity index (χ0v) is 24.5. The van der Waals surface area contributed by atoms with Crippen molar-refractivity contribution in [3.63, 3.8) is 0 Å². The number of carbonyl (C=O) groups is 1. The number of unbranched alkanes of at least 4 members (excludes halogenated alkanes) is 15. The average molecular weight is 505 g/mol. The van der Waals surface area contributed by atoms with E-state index in [4.69, 9.17) is 4.74 Å². The molecular formula is C34H64O2. The van der Waals surface area contributed by atoms with Gasteiger partial charge < -0.3 is 9.53 Å². The van der Waals surface area contributed by atoms with Crippen LogP contribution in [0, 0.1) is 17.8 Å². The van der Waals surface area contributed by atoms with Crippen LogP contribution in [0.4, 0.5) is 0 Å². The Labute approximate surface area is 226 Å². The molecule has 2 heteroatoms. The van der Waals surface area contributed by atoms with Crippen molar-refractivity contribution in [3.8, 4) is 0 Å². The summed E-state index contributed by atoms with van der Waals surface area (Å²) in [5.41, 5.74) is 0. The smallest absolute Gasteiger partial charge is 0.122 e. The van der Waals surface area contributed by atoms with Crippen LogP contribution < -0.4 is 0 Å². The lowest BCUT2D eigenvalue weighted by molar-refractivity contribution is -0.110. The Hall–Kier alpha value is -0.370. The molecular weight excluding hydrogens is 440 g/mol. The van der Waals surface area contributed by atoms with Gasteiger partial charge >= 0.3 is 0 Å². The molecule has 36 heavy (non-hydrogen) atoms. The minimum Gasteiger partial charge on any atom is -0.378 e. The van der Waals surface area contributed by atoms with Crippen LogP contribution in [0.25, 0.3) is 0 Å². The van der Waals surface area contributed by atoms with E-state index >= 15 is 0 Å². The van der Waals surface area contributed by atoms with Gasteiger partial charge in [-0.05, 0) is 43.9 Å². The summed E-state index contributed by atoms with van der Waals surface area (Å²) in [4.78, 5) is 10.6. The van der Waals surface area contributed by atoms with Gasteiger partial charge in [0, 0.05) is 12.5 Å². The van der Waals surface area contributed by atoms with E-state index in [2.05, 4.69) is 0 Å². The summed E-state index contributed by atoms with van der Waals surface area (Å²) < 4.78 is 6.24. The SMILES string of the molecule is CC(C=O)CCCCCCCCCCCCCCCCCCOC1CCC(CCCC2CCCC2)C1. The minimum atomic E-state index is 0.263. The second-order valence-corrected chi connectivity index (χ2v) is 12.8. The highest BCUT2D eigenvalue weighted by atomic mass is 16.5. The maximum absolute atomic E-state index is 10.6. The molecule has 2 rings (SSSR count). The molecule has 0 saturated heterocycles. The van der Waals surface area contributed by atoms with E-state index in [9.17, 15) is 4.79 Å². The fourth-order valence-corrected chi connectivity index (χ4v) is 6.80. The summed E-state index contributed by atoms with van der Waals surface area (Å²) in [7, 11) is 0. The van der Waals surface area contributed by atoms with Gasteiger partial charge in [-0.3, -0.25) is 0 Å². The molecule has 3 atom stereocenters. The van der Waals surface area contributed by atoms with Crippen molar-refractivity contribution >= 4 is 6.29 Å². The molecule has 2 aliphatic rings. The number of aldehydes is 1. The van der Waals surface area contributed by atoms with Crippen molar-refractivity contribution in [3.05, 3.63) is 0 Å². The highest BCUT2D eigenvalue weighted by molar-refractivity contribution is 5.52. The molecule has 0 spiro atoms. The van der Waals surface area contributed by atoms with Gasteiger partial charge in [-0.25, -0.2) is 0 Å². The van der Waals surface area contributed by atoms with Gasteiger partial charge in [-0.1, -0.05) is 148 Å². The number of carbonyl (C=O) groups excluding carboxylic acids is 1. The van der Waals surface area contributed by atoms with Crippen LogP contribution in [-0.2, 0) is 9.53 Å². The average Bonchev–Trinajstić information content (AvgIpc) is 3.57. The molecule has 0 aromatic carbocycles. The third-order valence-electron chi connectivity index (χ3n) is 9.33. The predicted molar refractivity (Wildman–Crippen MR) is 157 cm³/mol. The first-order chi connectivity index (χ1) is 17.8. The van der Waals surface area contributed by atoms with E-state index in [0.29, 0.717) is 6.10 Å². The summed E-state index contributed by atoms with van der Waals surface area (Å²) in [6, 6.07) is 0. The third kappa shape index (κ3) is 17.2. The summed E-state index contributed by atoms with van der Waals surface area (Å²) in [5.74, 6) is 2.31. The number of ether oxygens (including phenoxy) is 1. The molecule has 0 amide bonds. The normalized spacial score (nSPS) is 21.4. The molecule has 212 valence electrons. The molecule has 0 N–H and O–H groups in total. The Morgan fingerprint density at radius 2 is 1.11 bits per heavy atom. The molecule has 2 aliphatic carbocycles. The lowest BCUT2D eigenvalue weighted by atomic mass is 9.95. The molecule has 2 saturated carbocycles. The molecule has 0 aromatic rings. The Morgan fingerprint density at radius 1 is 0.611 bits per heavy atom. The Morgan fingerprint density at radius 3 is 1.67 bits per heavy atom. The third-order valence-corrected chi connectivity index (χ3v) is 9.33. The number of rotatable bonds is 25. The maximum atomic E-state index is 10.6. The lowest BCUT2D eigenvalue weighted by Gasteiger charge is -2.14. The maximum Gasteiger partial charge on any atom is 0.122 e. The molecule has 0 heterocycles. The van der Waals surface area contributed by atoms with Crippen LogP contribution in [0.1, 0.15) is 180 Å². The van der Waals surface area contributed by atoms with Crippen LogP contribution in [0.5, 0.6) is 0 Å². The molecule has 0 aromatic heterocycles. The Bertz CT molecular complexity index is 484. The van der Waals surface area contributed by atoms with Crippen molar-refractivity contribution in [2.45, 2.75) is 186 Å². The van der Waals surface area contributed by atoms with Crippen molar-refractivity contribution in [2.24, 2.45) is 17.8 Å². The summed E-state index contributed by atoms with van der Waals surface area (Å²) in [6.07, 6.45) is 39.6. The molecule has 0 aliphatic heterocycles. The van der Waals surface area contributed by atoms with Crippen LogP contribution in [0.2, 0.25) is 0 Å². The Kier molecular flexibility index (Phi) is 20.0. The van der Waals surface area contributed by atoms with Crippen LogP contribution >= 0.6 is 0 Å². The van der Waals surface area contributed by atoms with Gasteiger partial charge in [0.15, 0.2) is 0 Å². The van der Waals surface area contributed by atoms with Gasteiger partial charge in [0.05, 0.1) is 6.10 Å². The van der Waals surface area contributed by atoms with E-state index in [-0.39, 0.29) is 5.92 Å². The molecule has 2 fully saturated rings. The first-order valence-corrected chi connectivity index (χ1v) is 16.8. The second kappa shape index (κ2) is 22.6. The van der Waals surface area contributed by atoms with E-state index in [0.717, 1.165) is 31.1 Å². The molecule has 2 nitrogen and oxygen atoms in total. The largest absolute Gasteiger partial charge is 0.378 e. The number of hydrogen-bond donors (Lipinski definition) is 0. The number of hydrogen-bond acceptors (Lipinski definition) is 2. The van der Waals surface area contributed by atoms with E-state index in [1.807, 2.05) is 6.92 Å². The predicted octanol–water partition coefficient (Wildman–Crippen LogP) is 11.0. The highest BCUT2D eigenvalue weighted by Crippen LogP contribution is 2.34. The fraction of sp³-hybridized carbons (Fsp3) is 0.971. The fourth-order valence-electron chi connectivity index (χ4n) is 6.80. The van der Waals surface area contributed by atoms with Gasteiger partial charge in [0.2, 0.25) is 0 Å². The summed E-state index contributed by atoms with van der Waals surface area (Å²) in [6.45, 7) is 3.05. The minimum absolute atomic E-state index is 0.263. The summed E-state index contributed by atoms with van der Waals surface area (Å²) >= 11 is 0. The van der Waals surface area contributed by atoms with Crippen molar-refractivity contribution in [1.29, 1.82) is 0 Å². The highest BCUT2D eigenvalue weighted by Gasteiger charge is 2.25. The standard InChI is InChI=1S/C34H64O2/c1-31(30-35)21-16-14-12-10-8-6-4-2-3-5-7-9-11-13-15-19-28-36-34-27-26-33(29-34)25-20-24-32-22-17-18-23-32/h30-34H,2-29H2,1H3. The molecule has 3 unspecified atom stereocenters. The van der Waals surface area contributed by atoms with Crippen molar-refractivity contribution in [2.75, 3.05) is 6.61 Å². The summed E-state index contributed by atoms with van der Waals surface area (Å²) in [5, 5.41) is 0. The lowest BCUT2D eigenvalue weighted by Crippen LogP contribution is -2.10. The van der Waals surface area contributed by atoms with Crippen LogP contribution in [0.15, 0.2) is 0 Å². The molecule has 0 radical (unpaired) electrons. The zero-order valence-electron chi connectivity index (χ0n) is 24.5. The topological polar surface area (TPSA) is 26.3 Å². The van der Waals surface area contributed by atoms with E-state index in [1.165, 1.54) is 167 Å². The van der Waals surface area contributed by atoms with Crippen LogP contribution in [0.3, 0.4) is 0 Å². The first kappa shape index (κ1) is 31.8. The van der Waals surface area contributed by atoms with Crippen molar-refractivity contribution < 1.29 is 9.53 Å².